The average Bonchev–Trinajstić information content (AvgIpc) is 3.66. The molecule has 1 unspecified atom stereocenters. The quantitative estimate of drug-likeness (QED) is 0.140. The van der Waals surface area contributed by atoms with Gasteiger partial charge < -0.3 is 19.5 Å². The highest BCUT2D eigenvalue weighted by molar-refractivity contribution is 6.90. The monoisotopic (exact) mass is 771 g/mol. The fourth-order valence-corrected chi connectivity index (χ4v) is 15.7. The number of alkyl halides is 1. The molecule has 2 aromatic heterocycles. The summed E-state index contributed by atoms with van der Waals surface area (Å²) in [6.07, 6.45) is 5.55. The Hall–Kier alpha value is -3.92. The van der Waals surface area contributed by atoms with Crippen LogP contribution in [0.15, 0.2) is 30.5 Å². The van der Waals surface area contributed by atoms with Gasteiger partial charge in [-0.3, -0.25) is 9.88 Å². The van der Waals surface area contributed by atoms with E-state index in [9.17, 15) is 9.50 Å². The van der Waals surface area contributed by atoms with E-state index in [1.165, 1.54) is 18.2 Å². The molecule has 0 radical (unpaired) electrons. The van der Waals surface area contributed by atoms with Crippen molar-refractivity contribution >= 4 is 35.6 Å². The van der Waals surface area contributed by atoms with Crippen LogP contribution < -0.4 is 9.64 Å². The van der Waals surface area contributed by atoms with Crippen LogP contribution >= 0.6 is 0 Å². The van der Waals surface area contributed by atoms with E-state index in [1.807, 2.05) is 0 Å². The maximum atomic E-state index is 17.4. The van der Waals surface area contributed by atoms with Gasteiger partial charge in [0.2, 0.25) is 0 Å². The highest BCUT2D eigenvalue weighted by atomic mass is 28.3. The third-order valence-electron chi connectivity index (χ3n) is 13.3. The first-order valence-electron chi connectivity index (χ1n) is 20.0. The lowest BCUT2D eigenvalue weighted by Crippen LogP contribution is -2.56. The molecule has 0 saturated carbocycles. The predicted molar refractivity (Wildman–Crippen MR) is 213 cm³/mol. The second-order valence-corrected chi connectivity index (χ2v) is 22.9. The van der Waals surface area contributed by atoms with E-state index in [4.69, 9.17) is 14.5 Å². The Morgan fingerprint density at radius 1 is 1.02 bits per heavy atom. The second kappa shape index (κ2) is 14.2. The molecule has 8 nitrogen and oxygen atoms in total. The number of anilines is 1. The third kappa shape index (κ3) is 6.44. The molecule has 4 aliphatic heterocycles. The standard InChI is InChI=1S/C43H52F3N5O3Si/c1-26(2)55(27(3)4,28(5)6)18-11-32-35(45)10-9-29-19-31(52)20-33(36(29)32)38-37(46)39-34(22-47-38)40(50-15-8-13-43(24-50)14-17-54-43)49-41(48-39)53-25-42-12-7-16-51(42)23-30(44)21-42/h9-10,19-20,22,26-28,30,52H,7-8,12-17,21,23-25H2,1-6H3/t30-,42+,43?/m1/s1. The summed E-state index contributed by atoms with van der Waals surface area (Å²) in [5, 5.41) is 12.3. The van der Waals surface area contributed by atoms with Crippen LogP contribution in [0.25, 0.3) is 32.9 Å². The van der Waals surface area contributed by atoms with Gasteiger partial charge in [-0.15, -0.1) is 5.54 Å². The van der Waals surface area contributed by atoms with Gasteiger partial charge in [-0.05, 0) is 72.4 Å². The zero-order chi connectivity index (χ0) is 38.9. The zero-order valence-electron chi connectivity index (χ0n) is 32.8. The molecule has 6 heterocycles. The summed E-state index contributed by atoms with van der Waals surface area (Å²) in [5.74, 6) is 2.41. The Morgan fingerprint density at radius 2 is 1.76 bits per heavy atom. The molecular weight excluding hydrogens is 720 g/mol. The summed E-state index contributed by atoms with van der Waals surface area (Å²) in [6, 6.07) is 5.90. The van der Waals surface area contributed by atoms with Gasteiger partial charge in [0.1, 0.15) is 49.4 Å². The largest absolute Gasteiger partial charge is 0.508 e. The number of ether oxygens (including phenoxy) is 2. The second-order valence-electron chi connectivity index (χ2n) is 17.3. The Balaban J connectivity index is 1.29. The minimum absolute atomic E-state index is 0.00102. The van der Waals surface area contributed by atoms with E-state index in [1.54, 1.807) is 12.3 Å². The van der Waals surface area contributed by atoms with Crippen LogP contribution in [0, 0.1) is 23.1 Å². The summed E-state index contributed by atoms with van der Waals surface area (Å²) in [6.45, 7) is 16.6. The summed E-state index contributed by atoms with van der Waals surface area (Å²) >= 11 is 0. The molecule has 8 rings (SSSR count). The third-order valence-corrected chi connectivity index (χ3v) is 19.5. The van der Waals surface area contributed by atoms with Crippen molar-refractivity contribution in [2.75, 3.05) is 44.3 Å². The van der Waals surface area contributed by atoms with E-state index in [0.29, 0.717) is 71.3 Å². The first kappa shape index (κ1) is 38.0. The van der Waals surface area contributed by atoms with Crippen LogP contribution in [0.2, 0.25) is 16.6 Å². The van der Waals surface area contributed by atoms with Crippen molar-refractivity contribution in [3.63, 3.8) is 0 Å². The summed E-state index contributed by atoms with van der Waals surface area (Å²) in [7, 11) is -2.28. The number of phenolic OH excluding ortho intramolecular Hbond substituents is 1. The molecule has 292 valence electrons. The predicted octanol–water partition coefficient (Wildman–Crippen LogP) is 9.11. The van der Waals surface area contributed by atoms with Crippen LogP contribution in [0.3, 0.4) is 0 Å². The molecule has 4 aromatic rings. The molecule has 4 fully saturated rings. The molecule has 3 atom stereocenters. The number of piperidine rings is 1. The lowest BCUT2D eigenvalue weighted by atomic mass is 9.86. The lowest BCUT2D eigenvalue weighted by molar-refractivity contribution is -0.151. The lowest BCUT2D eigenvalue weighted by Gasteiger charge is -2.48. The molecule has 4 saturated heterocycles. The SMILES string of the molecule is CC(C)[Si](C#Cc1c(F)ccc2cc(O)cc(-c3ncc4c(N5CCCC6(CCO6)C5)nc(OC[C@@]56CCCN5C[C@H](F)C6)nc4c3F)c12)(C(C)C)C(C)C. The smallest absolute Gasteiger partial charge is 0.319 e. The van der Waals surface area contributed by atoms with Crippen LogP contribution in [0.1, 0.15) is 85.6 Å². The first-order valence-corrected chi connectivity index (χ1v) is 22.2. The van der Waals surface area contributed by atoms with E-state index < -0.39 is 31.4 Å². The molecule has 55 heavy (non-hydrogen) atoms. The number of aromatic hydroxyl groups is 1. The number of phenols is 1. The maximum Gasteiger partial charge on any atom is 0.319 e. The van der Waals surface area contributed by atoms with Crippen LogP contribution in [0.4, 0.5) is 19.0 Å². The number of aromatic nitrogens is 3. The molecule has 2 aromatic carbocycles. The van der Waals surface area contributed by atoms with E-state index >= 15 is 8.78 Å². The summed E-state index contributed by atoms with van der Waals surface area (Å²) in [4.78, 5) is 18.5. The van der Waals surface area contributed by atoms with Gasteiger partial charge in [0.05, 0.1) is 28.7 Å². The molecule has 0 bridgehead atoms. The van der Waals surface area contributed by atoms with Crippen molar-refractivity contribution in [1.82, 2.24) is 19.9 Å². The topological polar surface area (TPSA) is 83.8 Å². The molecule has 1 spiro atoms. The highest BCUT2D eigenvalue weighted by Crippen LogP contribution is 2.44. The van der Waals surface area contributed by atoms with E-state index in [2.05, 4.69) is 72.8 Å². The van der Waals surface area contributed by atoms with E-state index in [0.717, 1.165) is 38.6 Å². The van der Waals surface area contributed by atoms with Gasteiger partial charge in [-0.1, -0.05) is 53.5 Å². The molecule has 0 amide bonds. The Morgan fingerprint density at radius 3 is 2.47 bits per heavy atom. The fourth-order valence-electron chi connectivity index (χ4n) is 10.5. The zero-order valence-corrected chi connectivity index (χ0v) is 33.8. The van der Waals surface area contributed by atoms with Crippen molar-refractivity contribution in [2.24, 2.45) is 0 Å². The van der Waals surface area contributed by atoms with Crippen LogP contribution in [0.5, 0.6) is 11.8 Å². The summed E-state index contributed by atoms with van der Waals surface area (Å²) < 4.78 is 60.5. The molecule has 1 N–H and O–H groups in total. The molecule has 0 aliphatic carbocycles. The van der Waals surface area contributed by atoms with Gasteiger partial charge in [0, 0.05) is 49.6 Å². The Bertz CT molecular complexity index is 2180. The van der Waals surface area contributed by atoms with Gasteiger partial charge >= 0.3 is 6.01 Å². The van der Waals surface area contributed by atoms with Crippen molar-refractivity contribution in [1.29, 1.82) is 0 Å². The first-order chi connectivity index (χ1) is 26.3. The normalized spacial score (nSPS) is 24.3. The number of nitrogens with zero attached hydrogens (tertiary/aromatic N) is 5. The number of hydrogen-bond acceptors (Lipinski definition) is 8. The van der Waals surface area contributed by atoms with Gasteiger partial charge in [0.25, 0.3) is 0 Å². The number of halogens is 3. The summed E-state index contributed by atoms with van der Waals surface area (Å²) in [5.41, 5.74) is 4.16. The minimum atomic E-state index is -2.28. The Labute approximate surface area is 322 Å². The van der Waals surface area contributed by atoms with Crippen LogP contribution in [-0.4, -0.2) is 89.7 Å². The van der Waals surface area contributed by atoms with Crippen LogP contribution in [-0.2, 0) is 4.74 Å². The number of benzene rings is 2. The maximum absolute atomic E-state index is 17.4. The van der Waals surface area contributed by atoms with Gasteiger partial charge in [-0.25, -0.2) is 13.2 Å². The van der Waals surface area contributed by atoms with Crippen molar-refractivity contribution in [3.05, 3.63) is 47.7 Å². The van der Waals surface area contributed by atoms with E-state index in [-0.39, 0.29) is 46.3 Å². The number of pyridine rings is 1. The van der Waals surface area contributed by atoms with Gasteiger partial charge in [-0.2, -0.15) is 9.97 Å². The van der Waals surface area contributed by atoms with Crippen molar-refractivity contribution in [3.8, 4) is 34.5 Å². The average molecular weight is 772 g/mol. The number of fused-ring (bicyclic) bond motifs is 3. The number of hydrogen-bond donors (Lipinski definition) is 1. The van der Waals surface area contributed by atoms with Crippen molar-refractivity contribution in [2.45, 2.75) is 114 Å². The highest BCUT2D eigenvalue weighted by Gasteiger charge is 2.50. The van der Waals surface area contributed by atoms with Gasteiger partial charge in [0.15, 0.2) is 5.82 Å². The molecule has 12 heteroatoms. The van der Waals surface area contributed by atoms with Crippen molar-refractivity contribution < 1.29 is 27.8 Å². The fraction of sp³-hybridized carbons (Fsp3) is 0.558. The number of rotatable bonds is 8. The Kier molecular flexibility index (Phi) is 9.82. The molecule has 4 aliphatic rings. The molecular formula is C43H52F3N5O3Si. The minimum Gasteiger partial charge on any atom is -0.508 e.